The molecule has 1 saturated carbocycles. The lowest BCUT2D eigenvalue weighted by Crippen LogP contribution is -2.42. The molecule has 0 saturated heterocycles. The summed E-state index contributed by atoms with van der Waals surface area (Å²) in [5.41, 5.74) is 2.79. The lowest BCUT2D eigenvalue weighted by Gasteiger charge is -2.37. The van der Waals surface area contributed by atoms with Gasteiger partial charge in [0.15, 0.2) is 0 Å². The Hall–Kier alpha value is -2.67. The SMILES string of the molecule is Cn1cc([C@@H](NC(=O)Cn2cnc3ccccc32)C2CC(O)C2)cn1. The molecule has 0 aliphatic heterocycles. The van der Waals surface area contributed by atoms with Gasteiger partial charge in [-0.2, -0.15) is 5.10 Å². The largest absolute Gasteiger partial charge is 0.393 e. The van der Waals surface area contributed by atoms with Crippen LogP contribution in [0.5, 0.6) is 0 Å². The van der Waals surface area contributed by atoms with Crippen LogP contribution in [0.25, 0.3) is 11.0 Å². The molecule has 0 unspecified atom stereocenters. The maximum absolute atomic E-state index is 12.6. The van der Waals surface area contributed by atoms with Crippen molar-refractivity contribution in [1.29, 1.82) is 0 Å². The molecule has 25 heavy (non-hydrogen) atoms. The third kappa shape index (κ3) is 3.15. The van der Waals surface area contributed by atoms with Crippen LogP contribution >= 0.6 is 0 Å². The van der Waals surface area contributed by atoms with Crippen LogP contribution in [0.3, 0.4) is 0 Å². The van der Waals surface area contributed by atoms with Gasteiger partial charge in [-0.05, 0) is 30.9 Å². The highest BCUT2D eigenvalue weighted by Gasteiger charge is 2.36. The van der Waals surface area contributed by atoms with E-state index in [0.29, 0.717) is 12.8 Å². The molecule has 2 heterocycles. The van der Waals surface area contributed by atoms with Gasteiger partial charge in [0, 0.05) is 18.8 Å². The predicted octanol–water partition coefficient (Wildman–Crippen LogP) is 1.40. The minimum atomic E-state index is -0.265. The first-order valence-corrected chi connectivity index (χ1v) is 8.46. The minimum Gasteiger partial charge on any atom is -0.393 e. The van der Waals surface area contributed by atoms with Crippen molar-refractivity contribution >= 4 is 16.9 Å². The average Bonchev–Trinajstić information content (AvgIpc) is 3.17. The number of imidazole rings is 1. The van der Waals surface area contributed by atoms with E-state index in [4.69, 9.17) is 0 Å². The van der Waals surface area contributed by atoms with Crippen molar-refractivity contribution < 1.29 is 9.90 Å². The highest BCUT2D eigenvalue weighted by Crippen LogP contribution is 2.37. The Kier molecular flexibility index (Phi) is 4.01. The summed E-state index contributed by atoms with van der Waals surface area (Å²) in [5, 5.41) is 17.0. The fourth-order valence-corrected chi connectivity index (χ4v) is 3.49. The van der Waals surface area contributed by atoms with E-state index in [1.165, 1.54) is 0 Å². The van der Waals surface area contributed by atoms with Gasteiger partial charge in [0.2, 0.25) is 5.91 Å². The van der Waals surface area contributed by atoms with Crippen molar-refractivity contribution in [2.75, 3.05) is 0 Å². The van der Waals surface area contributed by atoms with Crippen molar-refractivity contribution in [2.24, 2.45) is 13.0 Å². The molecule has 2 N–H and O–H groups in total. The highest BCUT2D eigenvalue weighted by molar-refractivity contribution is 5.80. The van der Waals surface area contributed by atoms with Crippen molar-refractivity contribution in [3.8, 4) is 0 Å². The Labute approximate surface area is 145 Å². The second kappa shape index (κ2) is 6.33. The summed E-state index contributed by atoms with van der Waals surface area (Å²) >= 11 is 0. The van der Waals surface area contributed by atoms with E-state index in [9.17, 15) is 9.90 Å². The zero-order valence-corrected chi connectivity index (χ0v) is 14.0. The van der Waals surface area contributed by atoms with Crippen molar-refractivity contribution in [3.05, 3.63) is 48.5 Å². The second-order valence-electron chi connectivity index (χ2n) is 6.74. The number of rotatable bonds is 5. The summed E-state index contributed by atoms with van der Waals surface area (Å²) in [5.74, 6) is 0.168. The van der Waals surface area contributed by atoms with E-state index < -0.39 is 0 Å². The van der Waals surface area contributed by atoms with Crippen LogP contribution in [-0.2, 0) is 18.4 Å². The van der Waals surface area contributed by atoms with Gasteiger partial charge >= 0.3 is 0 Å². The molecule has 0 spiro atoms. The van der Waals surface area contributed by atoms with E-state index in [0.717, 1.165) is 16.6 Å². The smallest absolute Gasteiger partial charge is 0.240 e. The lowest BCUT2D eigenvalue weighted by atomic mass is 9.75. The zero-order valence-electron chi connectivity index (χ0n) is 14.0. The van der Waals surface area contributed by atoms with Crippen LogP contribution in [-0.4, -0.2) is 36.4 Å². The van der Waals surface area contributed by atoms with Crippen LogP contribution in [0.1, 0.15) is 24.4 Å². The molecule has 4 rings (SSSR count). The molecule has 0 bridgehead atoms. The number of aromatic nitrogens is 4. The lowest BCUT2D eigenvalue weighted by molar-refractivity contribution is -0.123. The monoisotopic (exact) mass is 339 g/mol. The summed E-state index contributed by atoms with van der Waals surface area (Å²) in [4.78, 5) is 16.9. The Bertz CT molecular complexity index is 894. The van der Waals surface area contributed by atoms with Gasteiger partial charge in [-0.1, -0.05) is 12.1 Å². The van der Waals surface area contributed by atoms with Gasteiger partial charge in [0.25, 0.3) is 0 Å². The van der Waals surface area contributed by atoms with E-state index in [2.05, 4.69) is 15.4 Å². The molecule has 1 amide bonds. The molecular weight excluding hydrogens is 318 g/mol. The summed E-state index contributed by atoms with van der Waals surface area (Å²) in [6.07, 6.45) is 6.53. The summed E-state index contributed by atoms with van der Waals surface area (Å²) < 4.78 is 3.58. The zero-order chi connectivity index (χ0) is 17.4. The third-order valence-corrected chi connectivity index (χ3v) is 4.86. The highest BCUT2D eigenvalue weighted by atomic mass is 16.3. The molecule has 0 radical (unpaired) electrons. The minimum absolute atomic E-state index is 0.0709. The molecule has 2 aromatic heterocycles. The maximum atomic E-state index is 12.6. The van der Waals surface area contributed by atoms with Crippen LogP contribution < -0.4 is 5.32 Å². The Morgan fingerprint density at radius 2 is 2.20 bits per heavy atom. The molecule has 1 aliphatic rings. The third-order valence-electron chi connectivity index (χ3n) is 4.86. The van der Waals surface area contributed by atoms with Gasteiger partial charge in [0.05, 0.1) is 35.7 Å². The number of benzene rings is 1. The number of hydrogen-bond acceptors (Lipinski definition) is 4. The maximum Gasteiger partial charge on any atom is 0.240 e. The predicted molar refractivity (Wildman–Crippen MR) is 92.6 cm³/mol. The number of nitrogens with zero attached hydrogens (tertiary/aromatic N) is 4. The van der Waals surface area contributed by atoms with Crippen molar-refractivity contribution in [1.82, 2.24) is 24.6 Å². The van der Waals surface area contributed by atoms with Gasteiger partial charge in [-0.15, -0.1) is 0 Å². The molecular formula is C18H21N5O2. The Morgan fingerprint density at radius 1 is 1.40 bits per heavy atom. The van der Waals surface area contributed by atoms with Crippen LogP contribution in [0.15, 0.2) is 43.0 Å². The number of nitrogens with one attached hydrogen (secondary N) is 1. The normalized spacial score (nSPS) is 21.0. The summed E-state index contributed by atoms with van der Waals surface area (Å²) in [6.45, 7) is 0.215. The van der Waals surface area contributed by atoms with Crippen molar-refractivity contribution in [2.45, 2.75) is 31.5 Å². The molecule has 7 nitrogen and oxygen atoms in total. The Morgan fingerprint density at radius 3 is 2.92 bits per heavy atom. The van der Waals surface area contributed by atoms with Crippen molar-refractivity contribution in [3.63, 3.8) is 0 Å². The van der Waals surface area contributed by atoms with E-state index in [-0.39, 0.29) is 30.5 Å². The number of aliphatic hydroxyl groups is 1. The molecule has 1 fully saturated rings. The van der Waals surface area contributed by atoms with E-state index >= 15 is 0 Å². The number of carbonyl (C=O) groups excluding carboxylic acids is 1. The van der Waals surface area contributed by atoms with Gasteiger partial charge < -0.3 is 15.0 Å². The van der Waals surface area contributed by atoms with Crippen LogP contribution in [0, 0.1) is 5.92 Å². The Balaban J connectivity index is 1.50. The van der Waals surface area contributed by atoms with Gasteiger partial charge in [0.1, 0.15) is 6.54 Å². The second-order valence-corrected chi connectivity index (χ2v) is 6.74. The number of hydrogen-bond donors (Lipinski definition) is 2. The van der Waals surface area contributed by atoms with Crippen LogP contribution in [0.2, 0.25) is 0 Å². The number of amides is 1. The van der Waals surface area contributed by atoms with Gasteiger partial charge in [-0.3, -0.25) is 9.48 Å². The standard InChI is InChI=1S/C18H21N5O2/c1-22-9-13(8-20-22)18(12-6-14(24)7-12)21-17(25)10-23-11-19-15-4-2-3-5-16(15)23/h2-5,8-9,11-12,14,18,24H,6-7,10H2,1H3,(H,21,25)/t12?,14?,18-/m0/s1. The van der Waals surface area contributed by atoms with Gasteiger partial charge in [-0.25, -0.2) is 4.98 Å². The molecule has 7 heteroatoms. The summed E-state index contributed by atoms with van der Waals surface area (Å²) in [7, 11) is 1.86. The average molecular weight is 339 g/mol. The van der Waals surface area contributed by atoms with Crippen LogP contribution in [0.4, 0.5) is 0 Å². The molecule has 1 aliphatic carbocycles. The molecule has 3 aromatic rings. The number of aryl methyl sites for hydroxylation is 1. The quantitative estimate of drug-likeness (QED) is 0.736. The number of fused-ring (bicyclic) bond motifs is 1. The van der Waals surface area contributed by atoms with E-state index in [1.807, 2.05) is 42.1 Å². The number of aliphatic hydroxyl groups excluding tert-OH is 1. The van der Waals surface area contributed by atoms with E-state index in [1.54, 1.807) is 17.2 Å². The first kappa shape index (κ1) is 15.8. The number of para-hydroxylation sites is 2. The topological polar surface area (TPSA) is 85.0 Å². The number of carbonyl (C=O) groups is 1. The fourth-order valence-electron chi connectivity index (χ4n) is 3.49. The molecule has 130 valence electrons. The molecule has 1 aromatic carbocycles. The summed E-state index contributed by atoms with van der Waals surface area (Å²) in [6, 6.07) is 7.63. The molecule has 1 atom stereocenters. The fraction of sp³-hybridized carbons (Fsp3) is 0.389. The first-order valence-electron chi connectivity index (χ1n) is 8.46. The first-order chi connectivity index (χ1) is 12.1.